The second kappa shape index (κ2) is 4.46. The van der Waals surface area contributed by atoms with Gasteiger partial charge in [0.25, 0.3) is 10.0 Å². The number of thiazole rings is 1. The number of anilines is 1. The number of aryl methyl sites for hydroxylation is 1. The first kappa shape index (κ1) is 12.9. The fraction of sp³-hybridized carbons (Fsp3) is 0.0909. The first-order valence-corrected chi connectivity index (χ1v) is 7.85. The molecule has 0 aliphatic rings. The molecule has 0 spiro atoms. The summed E-state index contributed by atoms with van der Waals surface area (Å²) in [4.78, 5) is 15.3. The molecular weight excluding hydrogens is 302 g/mol. The number of oxazole rings is 1. The zero-order chi connectivity index (χ0) is 14.3. The van der Waals surface area contributed by atoms with Crippen molar-refractivity contribution in [3.05, 3.63) is 40.3 Å². The van der Waals surface area contributed by atoms with Crippen molar-refractivity contribution in [3.8, 4) is 0 Å². The number of rotatable bonds is 3. The Hall–Kier alpha value is -2.13. The average molecular weight is 311 g/mol. The molecule has 0 radical (unpaired) electrons. The number of sulfonamides is 1. The van der Waals surface area contributed by atoms with E-state index in [0.29, 0.717) is 11.1 Å². The average Bonchev–Trinajstić information content (AvgIpc) is 2.98. The van der Waals surface area contributed by atoms with Crippen LogP contribution in [0, 0.1) is 0 Å². The molecule has 104 valence electrons. The van der Waals surface area contributed by atoms with Gasteiger partial charge in [0.15, 0.2) is 10.7 Å². The third-order valence-electron chi connectivity index (χ3n) is 2.73. The maximum Gasteiger partial charge on any atom is 0.419 e. The molecule has 0 aliphatic carbocycles. The Balaban J connectivity index is 2.09. The molecule has 3 aromatic rings. The summed E-state index contributed by atoms with van der Waals surface area (Å²) in [5.41, 5.74) is 0.753. The Morgan fingerprint density at radius 3 is 2.90 bits per heavy atom. The Morgan fingerprint density at radius 1 is 1.40 bits per heavy atom. The number of nitrogens with one attached hydrogen (secondary N) is 1. The first-order valence-electron chi connectivity index (χ1n) is 5.49. The highest BCUT2D eigenvalue weighted by Crippen LogP contribution is 2.21. The second-order valence-corrected chi connectivity index (χ2v) is 6.58. The topological polar surface area (TPSA) is 94.2 Å². The molecule has 0 bridgehead atoms. The number of fused-ring (bicyclic) bond motifs is 1. The summed E-state index contributed by atoms with van der Waals surface area (Å²) < 4.78 is 33.0. The van der Waals surface area contributed by atoms with Crippen molar-refractivity contribution in [2.45, 2.75) is 4.90 Å². The zero-order valence-electron chi connectivity index (χ0n) is 10.2. The lowest BCUT2D eigenvalue weighted by Crippen LogP contribution is -2.13. The third kappa shape index (κ3) is 2.10. The summed E-state index contributed by atoms with van der Waals surface area (Å²) in [6.07, 6.45) is 1.51. The summed E-state index contributed by atoms with van der Waals surface area (Å²) in [6, 6.07) is 4.21. The molecular formula is C11H9N3O4S2. The number of hydrogen-bond donors (Lipinski definition) is 1. The minimum atomic E-state index is -3.74. The quantitative estimate of drug-likeness (QED) is 0.788. The van der Waals surface area contributed by atoms with Crippen LogP contribution in [0.3, 0.4) is 0 Å². The summed E-state index contributed by atoms with van der Waals surface area (Å²) >= 11 is 1.18. The van der Waals surface area contributed by atoms with Crippen LogP contribution in [-0.4, -0.2) is 18.0 Å². The summed E-state index contributed by atoms with van der Waals surface area (Å²) in [7, 11) is -2.23. The van der Waals surface area contributed by atoms with Gasteiger partial charge < -0.3 is 4.42 Å². The van der Waals surface area contributed by atoms with E-state index in [0.717, 1.165) is 0 Å². The number of nitrogens with zero attached hydrogens (tertiary/aromatic N) is 2. The van der Waals surface area contributed by atoms with Crippen LogP contribution >= 0.6 is 11.3 Å². The van der Waals surface area contributed by atoms with Crippen LogP contribution in [0.15, 0.2) is 43.9 Å². The monoisotopic (exact) mass is 311 g/mol. The van der Waals surface area contributed by atoms with E-state index in [1.807, 2.05) is 0 Å². The van der Waals surface area contributed by atoms with Crippen molar-refractivity contribution >= 4 is 37.6 Å². The van der Waals surface area contributed by atoms with E-state index in [2.05, 4.69) is 9.71 Å². The first-order chi connectivity index (χ1) is 9.47. The highest BCUT2D eigenvalue weighted by molar-refractivity contribution is 7.93. The lowest BCUT2D eigenvalue weighted by molar-refractivity contribution is 0.528. The minimum Gasteiger partial charge on any atom is -0.408 e. The largest absolute Gasteiger partial charge is 0.419 e. The van der Waals surface area contributed by atoms with Gasteiger partial charge in [-0.25, -0.2) is 18.2 Å². The molecule has 0 fully saturated rings. The Labute approximate surface area is 117 Å². The molecule has 0 unspecified atom stereocenters. The van der Waals surface area contributed by atoms with Gasteiger partial charge >= 0.3 is 5.76 Å². The molecule has 2 heterocycles. The van der Waals surface area contributed by atoms with Crippen molar-refractivity contribution in [1.29, 1.82) is 0 Å². The Morgan fingerprint density at radius 2 is 2.20 bits per heavy atom. The van der Waals surface area contributed by atoms with Gasteiger partial charge in [-0.2, -0.15) is 0 Å². The molecule has 3 rings (SSSR count). The predicted octanol–water partition coefficient (Wildman–Crippen LogP) is 1.39. The fourth-order valence-electron chi connectivity index (χ4n) is 1.72. The fourth-order valence-corrected chi connectivity index (χ4v) is 3.53. The van der Waals surface area contributed by atoms with Crippen LogP contribution in [-0.2, 0) is 17.1 Å². The van der Waals surface area contributed by atoms with Crippen molar-refractivity contribution in [2.24, 2.45) is 7.05 Å². The van der Waals surface area contributed by atoms with Gasteiger partial charge in [-0.15, -0.1) is 11.3 Å². The molecule has 0 saturated heterocycles. The molecule has 0 atom stereocenters. The Kier molecular flexibility index (Phi) is 2.87. The van der Waals surface area contributed by atoms with Crippen LogP contribution in [0.1, 0.15) is 0 Å². The van der Waals surface area contributed by atoms with E-state index >= 15 is 0 Å². The zero-order valence-corrected chi connectivity index (χ0v) is 11.9. The smallest absolute Gasteiger partial charge is 0.408 e. The van der Waals surface area contributed by atoms with Gasteiger partial charge in [0.2, 0.25) is 0 Å². The number of benzene rings is 1. The van der Waals surface area contributed by atoms with Crippen molar-refractivity contribution in [3.63, 3.8) is 0 Å². The molecule has 1 N–H and O–H groups in total. The van der Waals surface area contributed by atoms with Crippen molar-refractivity contribution in [1.82, 2.24) is 9.55 Å². The molecule has 0 saturated carbocycles. The van der Waals surface area contributed by atoms with E-state index < -0.39 is 15.8 Å². The van der Waals surface area contributed by atoms with E-state index in [1.54, 1.807) is 5.38 Å². The summed E-state index contributed by atoms with van der Waals surface area (Å²) in [6.45, 7) is 0. The molecule has 9 heteroatoms. The Bertz CT molecular complexity index is 922. The number of hydrogen-bond acceptors (Lipinski definition) is 6. The molecule has 1 aromatic carbocycles. The lowest BCUT2D eigenvalue weighted by atomic mass is 10.3. The van der Waals surface area contributed by atoms with Gasteiger partial charge in [0.1, 0.15) is 0 Å². The van der Waals surface area contributed by atoms with Crippen LogP contribution in [0.2, 0.25) is 0 Å². The van der Waals surface area contributed by atoms with E-state index in [9.17, 15) is 13.2 Å². The lowest BCUT2D eigenvalue weighted by Gasteiger charge is -2.05. The van der Waals surface area contributed by atoms with Crippen molar-refractivity contribution in [2.75, 3.05) is 4.72 Å². The molecule has 7 nitrogen and oxygen atoms in total. The molecule has 20 heavy (non-hydrogen) atoms. The summed E-state index contributed by atoms with van der Waals surface area (Å²) in [5.74, 6) is -0.539. The molecule has 2 aromatic heterocycles. The van der Waals surface area contributed by atoms with Crippen molar-refractivity contribution < 1.29 is 12.8 Å². The predicted molar refractivity (Wildman–Crippen MR) is 74.4 cm³/mol. The maximum absolute atomic E-state index is 12.2. The van der Waals surface area contributed by atoms with E-state index in [1.165, 1.54) is 47.3 Å². The van der Waals surface area contributed by atoms with Gasteiger partial charge in [0, 0.05) is 18.6 Å². The van der Waals surface area contributed by atoms with Crippen LogP contribution in [0.4, 0.5) is 5.13 Å². The maximum atomic E-state index is 12.2. The standard InChI is InChI=1S/C11H9N3O4S2/c1-14-8-6-7(2-3-9(8)18-11(14)15)20(16,17)13-10-12-4-5-19-10/h2-6H,1H3,(H,12,13). The van der Waals surface area contributed by atoms with Crippen LogP contribution in [0.25, 0.3) is 11.1 Å². The van der Waals surface area contributed by atoms with E-state index in [4.69, 9.17) is 4.42 Å². The van der Waals surface area contributed by atoms with Gasteiger partial charge in [-0.1, -0.05) is 0 Å². The van der Waals surface area contributed by atoms with Gasteiger partial charge in [-0.05, 0) is 18.2 Å². The van der Waals surface area contributed by atoms with E-state index in [-0.39, 0.29) is 10.0 Å². The number of aromatic nitrogens is 2. The SMILES string of the molecule is Cn1c(=O)oc2ccc(S(=O)(=O)Nc3nccs3)cc21. The molecule has 0 aliphatic heterocycles. The molecule has 0 amide bonds. The van der Waals surface area contributed by atoms with Gasteiger partial charge in [0.05, 0.1) is 10.4 Å². The normalized spacial score (nSPS) is 11.8. The third-order valence-corrected chi connectivity index (χ3v) is 4.88. The highest BCUT2D eigenvalue weighted by atomic mass is 32.2. The summed E-state index contributed by atoms with van der Waals surface area (Å²) in [5, 5.41) is 1.95. The minimum absolute atomic E-state index is 0.0385. The van der Waals surface area contributed by atoms with Gasteiger partial charge in [-0.3, -0.25) is 9.29 Å². The second-order valence-electron chi connectivity index (χ2n) is 4.00. The van der Waals surface area contributed by atoms with Crippen LogP contribution < -0.4 is 10.5 Å². The van der Waals surface area contributed by atoms with Crippen LogP contribution in [0.5, 0.6) is 0 Å². The highest BCUT2D eigenvalue weighted by Gasteiger charge is 2.17.